The molecule has 0 aromatic heterocycles. The number of esters is 1. The number of carbonyl (C=O) groups excluding carboxylic acids is 1. The number of unbranched alkanes of at least 4 members (excludes halogenated alkanes) is 11. The van der Waals surface area contributed by atoms with Crippen LogP contribution < -0.4 is 4.74 Å². The van der Waals surface area contributed by atoms with Crippen LogP contribution in [0.3, 0.4) is 0 Å². The summed E-state index contributed by atoms with van der Waals surface area (Å²) < 4.78 is 10.3. The van der Waals surface area contributed by atoms with Gasteiger partial charge in [-0.3, -0.25) is 0 Å². The van der Waals surface area contributed by atoms with E-state index in [9.17, 15) is 4.79 Å². The van der Waals surface area contributed by atoms with Gasteiger partial charge in [-0.05, 0) is 25.5 Å². The lowest BCUT2D eigenvalue weighted by atomic mass is 10.1. The zero-order chi connectivity index (χ0) is 22.3. The molecule has 0 unspecified atom stereocenters. The fourth-order valence-corrected chi connectivity index (χ4v) is 2.90. The maximum absolute atomic E-state index is 11.1. The third kappa shape index (κ3) is 19.3. The molecule has 0 N–H and O–H groups in total. The molecule has 0 aliphatic carbocycles. The summed E-state index contributed by atoms with van der Waals surface area (Å²) in [5.74, 6) is 0.635. The Kier molecular flexibility index (Phi) is 20.2. The van der Waals surface area contributed by atoms with Crippen molar-refractivity contribution in [1.82, 2.24) is 0 Å². The minimum atomic E-state index is -0.256. The number of para-hydroxylation sites is 1. The Balaban J connectivity index is 0.000000696. The minimum absolute atomic E-state index is 0.256. The Bertz CT molecular complexity index is 536. The average molecular weight is 417 g/mol. The first-order chi connectivity index (χ1) is 14.6. The van der Waals surface area contributed by atoms with Gasteiger partial charge in [-0.2, -0.15) is 0 Å². The van der Waals surface area contributed by atoms with Crippen LogP contribution in [0.5, 0.6) is 5.75 Å². The average Bonchev–Trinajstić information content (AvgIpc) is 2.76. The smallest absolute Gasteiger partial charge is 0.333 e. The topological polar surface area (TPSA) is 35.5 Å². The van der Waals surface area contributed by atoms with Gasteiger partial charge < -0.3 is 9.47 Å². The van der Waals surface area contributed by atoms with Crippen LogP contribution in [0.25, 0.3) is 0 Å². The second-order valence-electron chi connectivity index (χ2n) is 7.72. The second-order valence-corrected chi connectivity index (χ2v) is 7.72. The fraction of sp³-hybridized carbons (Fsp3) is 0.593. The molecule has 0 radical (unpaired) electrons. The van der Waals surface area contributed by atoms with Crippen molar-refractivity contribution in [3.05, 3.63) is 55.1 Å². The van der Waals surface area contributed by atoms with Gasteiger partial charge in [0.05, 0.1) is 6.61 Å². The number of benzene rings is 1. The van der Waals surface area contributed by atoms with E-state index >= 15 is 0 Å². The van der Waals surface area contributed by atoms with Gasteiger partial charge in [-0.15, -0.1) is 0 Å². The molecule has 0 spiro atoms. The Morgan fingerprint density at radius 2 is 1.37 bits per heavy atom. The van der Waals surface area contributed by atoms with Gasteiger partial charge in [-0.25, -0.2) is 4.79 Å². The van der Waals surface area contributed by atoms with Crippen molar-refractivity contribution < 1.29 is 14.3 Å². The molecule has 1 aromatic rings. The van der Waals surface area contributed by atoms with Crippen LogP contribution in [0.15, 0.2) is 55.1 Å². The van der Waals surface area contributed by atoms with Gasteiger partial charge >= 0.3 is 5.97 Å². The Morgan fingerprint density at radius 3 is 1.83 bits per heavy atom. The summed E-state index contributed by atoms with van der Waals surface area (Å²) in [6.07, 6.45) is 17.6. The van der Waals surface area contributed by atoms with E-state index in [4.69, 9.17) is 9.47 Å². The molecule has 1 rings (SSSR count). The fourth-order valence-electron chi connectivity index (χ4n) is 2.90. The van der Waals surface area contributed by atoms with Gasteiger partial charge in [0.2, 0.25) is 0 Å². The van der Waals surface area contributed by atoms with E-state index in [-0.39, 0.29) is 5.97 Å². The number of rotatable bonds is 17. The number of hydrogen-bond acceptors (Lipinski definition) is 3. The lowest BCUT2D eigenvalue weighted by molar-refractivity contribution is -0.139. The highest BCUT2D eigenvalue weighted by molar-refractivity contribution is 5.86. The van der Waals surface area contributed by atoms with E-state index in [0.29, 0.717) is 18.8 Å². The second kappa shape index (κ2) is 21.7. The van der Waals surface area contributed by atoms with Crippen molar-refractivity contribution >= 4 is 5.97 Å². The highest BCUT2D eigenvalue weighted by atomic mass is 16.5. The van der Waals surface area contributed by atoms with Gasteiger partial charge in [0.15, 0.2) is 0 Å². The van der Waals surface area contributed by atoms with Crippen LogP contribution >= 0.6 is 0 Å². The molecular formula is C27H44O3. The largest absolute Gasteiger partial charge is 0.490 e. The molecule has 0 aliphatic rings. The summed E-state index contributed by atoms with van der Waals surface area (Å²) in [5.41, 5.74) is 0.490. The molecule has 170 valence electrons. The van der Waals surface area contributed by atoms with Crippen LogP contribution in [0, 0.1) is 0 Å². The zero-order valence-electron chi connectivity index (χ0n) is 19.5. The maximum Gasteiger partial charge on any atom is 0.333 e. The third-order valence-corrected chi connectivity index (χ3v) is 4.69. The van der Waals surface area contributed by atoms with Gasteiger partial charge in [0, 0.05) is 5.57 Å². The van der Waals surface area contributed by atoms with Crippen molar-refractivity contribution in [2.24, 2.45) is 0 Å². The lowest BCUT2D eigenvalue weighted by Gasteiger charge is -2.04. The van der Waals surface area contributed by atoms with Crippen molar-refractivity contribution in [1.29, 1.82) is 0 Å². The monoisotopic (exact) mass is 416 g/mol. The van der Waals surface area contributed by atoms with Crippen molar-refractivity contribution in [3.63, 3.8) is 0 Å². The van der Waals surface area contributed by atoms with Crippen molar-refractivity contribution in [2.75, 3.05) is 13.2 Å². The summed E-state index contributed by atoms with van der Waals surface area (Å²) >= 11 is 0. The van der Waals surface area contributed by atoms with E-state index in [1.807, 2.05) is 30.3 Å². The van der Waals surface area contributed by atoms with Gasteiger partial charge in [0.1, 0.15) is 12.4 Å². The standard InChI is InChI=1S/C18H34O2.C9H10O/c1-4-5-6-7-8-9-10-11-12-13-14-15-16-20-18(19)17(2)3;1-2-8-10-9-6-4-3-5-7-9/h2,4-16H2,1,3H3;2-7H,1,8H2. The summed E-state index contributed by atoms with van der Waals surface area (Å²) in [4.78, 5) is 11.1. The predicted octanol–water partition coefficient (Wildman–Crippen LogP) is 8.06. The summed E-state index contributed by atoms with van der Waals surface area (Å²) in [6.45, 7) is 12.2. The van der Waals surface area contributed by atoms with Crippen molar-refractivity contribution in [2.45, 2.75) is 90.9 Å². The molecule has 0 saturated heterocycles. The molecule has 30 heavy (non-hydrogen) atoms. The molecule has 3 heteroatoms. The predicted molar refractivity (Wildman–Crippen MR) is 129 cm³/mol. The number of carbonyl (C=O) groups is 1. The highest BCUT2D eigenvalue weighted by Gasteiger charge is 2.01. The first-order valence-corrected chi connectivity index (χ1v) is 11.7. The molecule has 3 nitrogen and oxygen atoms in total. The first kappa shape index (κ1) is 28.0. The van der Waals surface area contributed by atoms with E-state index in [0.717, 1.165) is 12.2 Å². The Hall–Kier alpha value is -2.03. The molecule has 1 aromatic carbocycles. The SMILES string of the molecule is C=C(C)C(=O)OCCCCCCCCCCCCCC.C=CCOc1ccccc1. The van der Waals surface area contributed by atoms with E-state index in [1.54, 1.807) is 13.0 Å². The van der Waals surface area contributed by atoms with Gasteiger partial charge in [-0.1, -0.05) is 115 Å². The molecule has 0 bridgehead atoms. The highest BCUT2D eigenvalue weighted by Crippen LogP contribution is 2.12. The third-order valence-electron chi connectivity index (χ3n) is 4.69. The van der Waals surface area contributed by atoms with E-state index in [1.165, 1.54) is 70.6 Å². The van der Waals surface area contributed by atoms with Crippen LogP contribution in [0.4, 0.5) is 0 Å². The molecule has 0 amide bonds. The molecule has 0 heterocycles. The van der Waals surface area contributed by atoms with Crippen LogP contribution in [0.2, 0.25) is 0 Å². The van der Waals surface area contributed by atoms with Gasteiger partial charge in [0.25, 0.3) is 0 Å². The van der Waals surface area contributed by atoms with Crippen LogP contribution in [-0.4, -0.2) is 19.2 Å². The normalized spacial score (nSPS) is 9.93. The van der Waals surface area contributed by atoms with Crippen LogP contribution in [-0.2, 0) is 9.53 Å². The maximum atomic E-state index is 11.1. The van der Waals surface area contributed by atoms with E-state index < -0.39 is 0 Å². The summed E-state index contributed by atoms with van der Waals surface area (Å²) in [7, 11) is 0. The first-order valence-electron chi connectivity index (χ1n) is 11.7. The molecule has 0 fully saturated rings. The molecule has 0 atom stereocenters. The quantitative estimate of drug-likeness (QED) is 0.111. The van der Waals surface area contributed by atoms with Crippen LogP contribution in [0.1, 0.15) is 90.9 Å². The number of ether oxygens (including phenoxy) is 2. The lowest BCUT2D eigenvalue weighted by Crippen LogP contribution is -2.05. The molecule has 0 saturated carbocycles. The number of hydrogen-bond donors (Lipinski definition) is 0. The Labute approximate surface area is 185 Å². The molecule has 0 aliphatic heterocycles. The minimum Gasteiger partial charge on any atom is -0.490 e. The summed E-state index contributed by atoms with van der Waals surface area (Å²) in [6, 6.07) is 9.69. The van der Waals surface area contributed by atoms with Crippen molar-refractivity contribution in [3.8, 4) is 5.75 Å². The molecular weight excluding hydrogens is 372 g/mol. The zero-order valence-corrected chi connectivity index (χ0v) is 19.5. The summed E-state index contributed by atoms with van der Waals surface area (Å²) in [5, 5.41) is 0. The Morgan fingerprint density at radius 1 is 0.867 bits per heavy atom. The van der Waals surface area contributed by atoms with E-state index in [2.05, 4.69) is 20.1 Å².